The van der Waals surface area contributed by atoms with Crippen LogP contribution in [0.15, 0.2) is 24.4 Å². The Labute approximate surface area is 249 Å². The van der Waals surface area contributed by atoms with Crippen molar-refractivity contribution in [2.75, 3.05) is 62.8 Å². The number of benzene rings is 1. The van der Waals surface area contributed by atoms with Crippen LogP contribution in [0, 0.1) is 23.0 Å². The minimum absolute atomic E-state index is 0.0116. The lowest BCUT2D eigenvalue weighted by Crippen LogP contribution is -2.51. The van der Waals surface area contributed by atoms with Crippen LogP contribution in [-0.4, -0.2) is 91.1 Å². The fourth-order valence-corrected chi connectivity index (χ4v) is 5.98. The highest BCUT2D eigenvalue weighted by Gasteiger charge is 2.30. The molecule has 3 aromatic rings. The van der Waals surface area contributed by atoms with Gasteiger partial charge in [-0.1, -0.05) is 19.9 Å². The van der Waals surface area contributed by atoms with Crippen LogP contribution in [0.1, 0.15) is 33.1 Å². The van der Waals surface area contributed by atoms with Crippen LogP contribution in [-0.2, 0) is 0 Å². The van der Waals surface area contributed by atoms with Gasteiger partial charge >= 0.3 is 6.01 Å². The van der Waals surface area contributed by atoms with Crippen molar-refractivity contribution < 1.29 is 22.6 Å². The zero-order valence-corrected chi connectivity index (χ0v) is 24.7. The summed E-state index contributed by atoms with van der Waals surface area (Å²) in [5.74, 6) is -0.472. The summed E-state index contributed by atoms with van der Waals surface area (Å²) < 4.78 is 54.0. The SMILES string of the molecule is CCC1CC(F)CN1CC.COc1nc(N2CCNC(CC#N)C2)c2cnc(N3CCOc4cccc(F)c43)c(F)c2n1. The maximum atomic E-state index is 15.9. The molecule has 0 saturated carbocycles. The largest absolute Gasteiger partial charge is 0.489 e. The average molecular weight is 599 g/mol. The van der Waals surface area contributed by atoms with Gasteiger partial charge in [-0.05, 0) is 31.5 Å². The van der Waals surface area contributed by atoms with Crippen LogP contribution in [0.3, 0.4) is 0 Å². The number of nitrogens with one attached hydrogen (secondary N) is 1. The van der Waals surface area contributed by atoms with E-state index in [9.17, 15) is 8.78 Å². The molecule has 0 aliphatic carbocycles. The first-order chi connectivity index (χ1) is 20.9. The third-order valence-electron chi connectivity index (χ3n) is 8.10. The van der Waals surface area contributed by atoms with Crippen LogP contribution in [0.25, 0.3) is 10.9 Å². The fourth-order valence-electron chi connectivity index (χ4n) is 5.98. The number of hydrogen-bond acceptors (Lipinski definition) is 10. The summed E-state index contributed by atoms with van der Waals surface area (Å²) in [6.45, 7) is 8.16. The molecule has 6 rings (SSSR count). The number of anilines is 3. The number of aromatic nitrogens is 3. The summed E-state index contributed by atoms with van der Waals surface area (Å²) in [4.78, 5) is 18.7. The van der Waals surface area contributed by atoms with Crippen LogP contribution in [0.2, 0.25) is 0 Å². The Morgan fingerprint density at radius 1 is 1.16 bits per heavy atom. The average Bonchev–Trinajstić information content (AvgIpc) is 3.41. The van der Waals surface area contributed by atoms with Crippen LogP contribution in [0.4, 0.5) is 30.5 Å². The van der Waals surface area contributed by atoms with Gasteiger partial charge < -0.3 is 24.6 Å². The molecule has 2 fully saturated rings. The number of nitrogens with zero attached hydrogens (tertiary/aromatic N) is 7. The summed E-state index contributed by atoms with van der Waals surface area (Å²) in [6.07, 6.45) is 3.12. The smallest absolute Gasteiger partial charge is 0.318 e. The first-order valence-corrected chi connectivity index (χ1v) is 14.7. The van der Waals surface area contributed by atoms with Crippen molar-refractivity contribution >= 4 is 28.2 Å². The van der Waals surface area contributed by atoms with Crippen molar-refractivity contribution in [3.05, 3.63) is 36.0 Å². The quantitative estimate of drug-likeness (QED) is 0.440. The Morgan fingerprint density at radius 2 is 2.00 bits per heavy atom. The van der Waals surface area contributed by atoms with Gasteiger partial charge in [0.15, 0.2) is 17.5 Å². The van der Waals surface area contributed by atoms with Gasteiger partial charge in [0.1, 0.15) is 35.6 Å². The van der Waals surface area contributed by atoms with Crippen LogP contribution < -0.4 is 24.6 Å². The molecule has 3 aliphatic rings. The number of alkyl halides is 1. The number of halogens is 3. The maximum Gasteiger partial charge on any atom is 0.318 e. The van der Waals surface area contributed by atoms with Crippen molar-refractivity contribution in [1.82, 2.24) is 25.2 Å². The molecule has 0 amide bonds. The fraction of sp³-hybridized carbons (Fsp3) is 0.533. The van der Waals surface area contributed by atoms with Crippen molar-refractivity contribution in [1.29, 1.82) is 5.26 Å². The molecule has 43 heavy (non-hydrogen) atoms. The standard InChI is InChI=1S/C22H21F2N7O2.C8H16FN/c1-32-22-28-18-14(20(29-22)30-8-7-26-13(12-30)5-6-25)11-27-21(17(18)24)31-9-10-33-16-4-2-3-15(23)19(16)31;1-3-8-5-7(9)6-10(8)4-2/h2-4,11,13,26H,5,7-10,12H2,1H3;7-8H,3-6H2,1-2H3. The van der Waals surface area contributed by atoms with E-state index in [1.165, 1.54) is 24.3 Å². The third kappa shape index (κ3) is 6.40. The van der Waals surface area contributed by atoms with Crippen molar-refractivity contribution in [3.63, 3.8) is 0 Å². The van der Waals surface area contributed by atoms with E-state index in [1.807, 2.05) is 4.90 Å². The monoisotopic (exact) mass is 598 g/mol. The highest BCUT2D eigenvalue weighted by molar-refractivity contribution is 5.92. The second kappa shape index (κ2) is 13.6. The van der Waals surface area contributed by atoms with Gasteiger partial charge in [-0.2, -0.15) is 15.2 Å². The van der Waals surface area contributed by atoms with E-state index in [0.29, 0.717) is 55.6 Å². The van der Waals surface area contributed by atoms with Gasteiger partial charge in [0.25, 0.3) is 0 Å². The number of fused-ring (bicyclic) bond motifs is 2. The minimum Gasteiger partial charge on any atom is -0.489 e. The number of nitriles is 1. The van der Waals surface area contributed by atoms with E-state index >= 15 is 4.39 Å². The number of pyridine rings is 1. The molecule has 5 heterocycles. The number of ether oxygens (including phenoxy) is 2. The molecule has 10 nitrogen and oxygen atoms in total. The van der Waals surface area contributed by atoms with Gasteiger partial charge in [0.05, 0.1) is 31.5 Å². The molecule has 1 N–H and O–H groups in total. The second-order valence-corrected chi connectivity index (χ2v) is 10.7. The topological polar surface area (TPSA) is 103 Å². The molecule has 3 aliphatic heterocycles. The lowest BCUT2D eigenvalue weighted by atomic mass is 10.1. The van der Waals surface area contributed by atoms with Gasteiger partial charge in [-0.3, -0.25) is 4.90 Å². The Bertz CT molecular complexity index is 1460. The van der Waals surface area contributed by atoms with Crippen molar-refractivity contribution in [2.24, 2.45) is 0 Å². The molecule has 0 bridgehead atoms. The second-order valence-electron chi connectivity index (χ2n) is 10.7. The van der Waals surface area contributed by atoms with Crippen LogP contribution in [0.5, 0.6) is 11.8 Å². The van der Waals surface area contributed by atoms with Gasteiger partial charge in [-0.25, -0.2) is 18.2 Å². The molecule has 2 saturated heterocycles. The number of para-hydroxylation sites is 1. The number of likely N-dealkylation sites (tertiary alicyclic amines) is 1. The first-order valence-electron chi connectivity index (χ1n) is 14.7. The van der Waals surface area contributed by atoms with Gasteiger partial charge in [0.2, 0.25) is 0 Å². The van der Waals surface area contributed by atoms with Gasteiger partial charge in [-0.15, -0.1) is 0 Å². The van der Waals surface area contributed by atoms with E-state index in [4.69, 9.17) is 14.7 Å². The van der Waals surface area contributed by atoms with Crippen molar-refractivity contribution in [2.45, 2.75) is 51.4 Å². The zero-order valence-electron chi connectivity index (χ0n) is 24.7. The number of piperazine rings is 1. The minimum atomic E-state index is -0.700. The predicted molar refractivity (Wildman–Crippen MR) is 158 cm³/mol. The molecule has 1 aromatic carbocycles. The molecule has 230 valence electrons. The molecular formula is C30H37F3N8O2. The van der Waals surface area contributed by atoms with E-state index in [1.54, 1.807) is 12.1 Å². The zero-order chi connectivity index (χ0) is 30.5. The van der Waals surface area contributed by atoms with Crippen molar-refractivity contribution in [3.8, 4) is 17.8 Å². The summed E-state index contributed by atoms with van der Waals surface area (Å²) in [7, 11) is 1.41. The maximum absolute atomic E-state index is 15.9. The first kappa shape index (κ1) is 30.6. The number of methoxy groups -OCH3 is 1. The molecule has 0 radical (unpaired) electrons. The summed E-state index contributed by atoms with van der Waals surface area (Å²) in [5, 5.41) is 12.8. The number of hydrogen-bond donors (Lipinski definition) is 1. The predicted octanol–water partition coefficient (Wildman–Crippen LogP) is 4.36. The lowest BCUT2D eigenvalue weighted by molar-refractivity contribution is 0.251. The van der Waals surface area contributed by atoms with Crippen LogP contribution >= 0.6 is 0 Å². The molecule has 0 spiro atoms. The molecular weight excluding hydrogens is 561 g/mol. The Balaban J connectivity index is 0.000000314. The van der Waals surface area contributed by atoms with E-state index in [2.05, 4.69) is 45.1 Å². The molecule has 13 heteroatoms. The highest BCUT2D eigenvalue weighted by Crippen LogP contribution is 2.40. The van der Waals surface area contributed by atoms with E-state index in [0.717, 1.165) is 19.4 Å². The Hall–Kier alpha value is -3.89. The third-order valence-corrected chi connectivity index (χ3v) is 8.10. The Kier molecular flexibility index (Phi) is 9.67. The summed E-state index contributed by atoms with van der Waals surface area (Å²) >= 11 is 0. The molecule has 2 aromatic heterocycles. The highest BCUT2D eigenvalue weighted by atomic mass is 19.1. The Morgan fingerprint density at radius 3 is 2.72 bits per heavy atom. The lowest BCUT2D eigenvalue weighted by Gasteiger charge is -2.34. The molecule has 3 unspecified atom stereocenters. The number of rotatable bonds is 6. The normalized spacial score (nSPS) is 21.9. The van der Waals surface area contributed by atoms with E-state index in [-0.39, 0.29) is 42.2 Å². The summed E-state index contributed by atoms with van der Waals surface area (Å²) in [6, 6.07) is 7.13. The summed E-state index contributed by atoms with van der Waals surface area (Å²) in [5.41, 5.74) is 0.166. The molecule has 3 atom stereocenters. The van der Waals surface area contributed by atoms with E-state index < -0.39 is 17.8 Å². The van der Waals surface area contributed by atoms with Gasteiger partial charge in [0, 0.05) is 44.5 Å².